The molecule has 0 radical (unpaired) electrons. The standard InChI is InChI=1S/C21H27ClN4O2/c1-2-28-20(27)18-14-25-21(24-13-16-8-10-17(22)11-9-16)26-19(18)23-12-15-6-4-3-5-7-15/h8-11,14-15H,2-7,12-13H2,1H3,(H2,23,24,25,26). The summed E-state index contributed by atoms with van der Waals surface area (Å²) < 4.78 is 5.15. The van der Waals surface area contributed by atoms with Gasteiger partial charge in [-0.15, -0.1) is 0 Å². The fraction of sp³-hybridized carbons (Fsp3) is 0.476. The molecule has 28 heavy (non-hydrogen) atoms. The Morgan fingerprint density at radius 3 is 2.64 bits per heavy atom. The van der Waals surface area contributed by atoms with E-state index in [1.165, 1.54) is 38.3 Å². The minimum absolute atomic E-state index is 0.317. The highest BCUT2D eigenvalue weighted by Crippen LogP contribution is 2.25. The zero-order valence-electron chi connectivity index (χ0n) is 16.2. The van der Waals surface area contributed by atoms with Crippen molar-refractivity contribution in [3.8, 4) is 0 Å². The molecule has 1 aromatic carbocycles. The van der Waals surface area contributed by atoms with Gasteiger partial charge in [0.05, 0.1) is 6.61 Å². The minimum Gasteiger partial charge on any atom is -0.462 e. The highest BCUT2D eigenvalue weighted by molar-refractivity contribution is 6.30. The molecule has 7 heteroatoms. The average Bonchev–Trinajstić information content (AvgIpc) is 2.73. The van der Waals surface area contributed by atoms with E-state index >= 15 is 0 Å². The lowest BCUT2D eigenvalue weighted by Gasteiger charge is -2.22. The van der Waals surface area contributed by atoms with Crippen LogP contribution < -0.4 is 10.6 Å². The van der Waals surface area contributed by atoms with Crippen molar-refractivity contribution in [2.75, 3.05) is 23.8 Å². The third kappa shape index (κ3) is 5.83. The maximum absolute atomic E-state index is 12.3. The van der Waals surface area contributed by atoms with E-state index < -0.39 is 5.97 Å². The smallest absolute Gasteiger partial charge is 0.343 e. The van der Waals surface area contributed by atoms with Gasteiger partial charge < -0.3 is 15.4 Å². The molecule has 1 aliphatic rings. The lowest BCUT2D eigenvalue weighted by atomic mass is 9.89. The number of ether oxygens (including phenoxy) is 1. The fourth-order valence-corrected chi connectivity index (χ4v) is 3.50. The summed E-state index contributed by atoms with van der Waals surface area (Å²) in [6, 6.07) is 7.59. The van der Waals surface area contributed by atoms with Crippen molar-refractivity contribution in [1.29, 1.82) is 0 Å². The van der Waals surface area contributed by atoms with Crippen molar-refractivity contribution in [2.45, 2.75) is 45.6 Å². The molecule has 1 fully saturated rings. The van der Waals surface area contributed by atoms with E-state index in [2.05, 4.69) is 20.6 Å². The van der Waals surface area contributed by atoms with Crippen molar-refractivity contribution in [3.05, 3.63) is 46.6 Å². The molecule has 1 heterocycles. The molecule has 6 nitrogen and oxygen atoms in total. The number of hydrogen-bond donors (Lipinski definition) is 2. The summed E-state index contributed by atoms with van der Waals surface area (Å²) in [5.74, 6) is 1.20. The van der Waals surface area contributed by atoms with Crippen LogP contribution in [0.25, 0.3) is 0 Å². The molecule has 0 saturated heterocycles. The first-order valence-electron chi connectivity index (χ1n) is 9.92. The molecule has 1 aromatic heterocycles. The summed E-state index contributed by atoms with van der Waals surface area (Å²) >= 11 is 5.92. The van der Waals surface area contributed by atoms with E-state index in [1.54, 1.807) is 6.92 Å². The molecule has 2 N–H and O–H groups in total. The summed E-state index contributed by atoms with van der Waals surface area (Å²) in [7, 11) is 0. The number of esters is 1. The van der Waals surface area contributed by atoms with E-state index in [-0.39, 0.29) is 0 Å². The molecule has 0 unspecified atom stereocenters. The Kier molecular flexibility index (Phi) is 7.48. The Bertz CT molecular complexity index is 776. The number of hydrogen-bond acceptors (Lipinski definition) is 6. The predicted octanol–water partition coefficient (Wildman–Crippen LogP) is 4.91. The summed E-state index contributed by atoms with van der Waals surface area (Å²) in [6.45, 7) is 3.48. The first-order valence-corrected chi connectivity index (χ1v) is 10.3. The zero-order chi connectivity index (χ0) is 19.8. The van der Waals surface area contributed by atoms with Gasteiger partial charge in [-0.2, -0.15) is 4.98 Å². The molecule has 0 aliphatic heterocycles. The van der Waals surface area contributed by atoms with Gasteiger partial charge in [-0.3, -0.25) is 0 Å². The Morgan fingerprint density at radius 2 is 1.93 bits per heavy atom. The molecule has 150 valence electrons. The van der Waals surface area contributed by atoms with Gasteiger partial charge >= 0.3 is 5.97 Å². The molecule has 1 aliphatic carbocycles. The second-order valence-corrected chi connectivity index (χ2v) is 7.48. The monoisotopic (exact) mass is 402 g/mol. The van der Waals surface area contributed by atoms with Crippen LogP contribution in [0, 0.1) is 5.92 Å². The van der Waals surface area contributed by atoms with Crippen molar-refractivity contribution < 1.29 is 9.53 Å². The van der Waals surface area contributed by atoms with Gasteiger partial charge in [0.25, 0.3) is 0 Å². The van der Waals surface area contributed by atoms with Crippen LogP contribution in [-0.4, -0.2) is 29.1 Å². The second-order valence-electron chi connectivity index (χ2n) is 7.04. The highest BCUT2D eigenvalue weighted by Gasteiger charge is 2.18. The summed E-state index contributed by atoms with van der Waals surface area (Å²) in [6.07, 6.45) is 7.82. The number of anilines is 2. The lowest BCUT2D eigenvalue weighted by Crippen LogP contribution is -2.20. The van der Waals surface area contributed by atoms with Gasteiger partial charge in [0.15, 0.2) is 0 Å². The normalized spacial score (nSPS) is 14.5. The Labute approximate surface area is 171 Å². The maximum Gasteiger partial charge on any atom is 0.343 e. The molecule has 1 saturated carbocycles. The Balaban J connectivity index is 1.70. The van der Waals surface area contributed by atoms with Crippen LogP contribution in [0.3, 0.4) is 0 Å². The number of benzene rings is 1. The van der Waals surface area contributed by atoms with E-state index in [1.807, 2.05) is 24.3 Å². The number of halogens is 1. The minimum atomic E-state index is -0.405. The number of nitrogens with one attached hydrogen (secondary N) is 2. The Hall–Kier alpha value is -2.34. The zero-order valence-corrected chi connectivity index (χ0v) is 17.0. The predicted molar refractivity (Wildman–Crippen MR) is 112 cm³/mol. The first-order chi connectivity index (χ1) is 13.7. The SMILES string of the molecule is CCOC(=O)c1cnc(NCc2ccc(Cl)cc2)nc1NCC1CCCCC1. The van der Waals surface area contributed by atoms with Gasteiger partial charge in [-0.1, -0.05) is 43.0 Å². The molecule has 0 amide bonds. The van der Waals surface area contributed by atoms with Gasteiger partial charge in [-0.25, -0.2) is 9.78 Å². The summed E-state index contributed by atoms with van der Waals surface area (Å²) in [5.41, 5.74) is 1.44. The second kappa shape index (κ2) is 10.3. The van der Waals surface area contributed by atoms with Crippen LogP contribution in [0.5, 0.6) is 0 Å². The van der Waals surface area contributed by atoms with Crippen molar-refractivity contribution >= 4 is 29.3 Å². The molecule has 0 bridgehead atoms. The summed E-state index contributed by atoms with van der Waals surface area (Å²) in [5, 5.41) is 7.26. The third-order valence-corrected chi connectivity index (χ3v) is 5.18. The van der Waals surface area contributed by atoms with E-state index in [4.69, 9.17) is 16.3 Å². The highest BCUT2D eigenvalue weighted by atomic mass is 35.5. The van der Waals surface area contributed by atoms with E-state index in [9.17, 15) is 4.79 Å². The van der Waals surface area contributed by atoms with Gasteiger partial charge in [0.2, 0.25) is 5.95 Å². The van der Waals surface area contributed by atoms with Gasteiger partial charge in [0, 0.05) is 24.3 Å². The van der Waals surface area contributed by atoms with Gasteiger partial charge in [0.1, 0.15) is 11.4 Å². The van der Waals surface area contributed by atoms with E-state index in [0.717, 1.165) is 12.1 Å². The van der Waals surface area contributed by atoms with Crippen molar-refractivity contribution in [2.24, 2.45) is 5.92 Å². The van der Waals surface area contributed by atoms with Crippen molar-refractivity contribution in [1.82, 2.24) is 9.97 Å². The number of carbonyl (C=O) groups is 1. The number of nitrogens with zero attached hydrogens (tertiary/aromatic N) is 2. The van der Waals surface area contributed by atoms with Crippen LogP contribution in [0.4, 0.5) is 11.8 Å². The van der Waals surface area contributed by atoms with Crippen molar-refractivity contribution in [3.63, 3.8) is 0 Å². The molecule has 0 spiro atoms. The van der Waals surface area contributed by atoms with Crippen LogP contribution >= 0.6 is 11.6 Å². The average molecular weight is 403 g/mol. The Morgan fingerprint density at radius 1 is 1.18 bits per heavy atom. The third-order valence-electron chi connectivity index (χ3n) is 4.93. The van der Waals surface area contributed by atoms with E-state index in [0.29, 0.717) is 41.4 Å². The first kappa shape index (κ1) is 20.4. The fourth-order valence-electron chi connectivity index (χ4n) is 3.38. The lowest BCUT2D eigenvalue weighted by molar-refractivity contribution is 0.0526. The quantitative estimate of drug-likeness (QED) is 0.611. The van der Waals surface area contributed by atoms with Crippen LogP contribution in [0.1, 0.15) is 54.9 Å². The number of rotatable bonds is 8. The molecular formula is C21H27ClN4O2. The molecule has 2 aromatic rings. The van der Waals surface area contributed by atoms with Crippen LogP contribution in [0.2, 0.25) is 5.02 Å². The van der Waals surface area contributed by atoms with Crippen LogP contribution in [-0.2, 0) is 11.3 Å². The molecule has 0 atom stereocenters. The largest absolute Gasteiger partial charge is 0.462 e. The maximum atomic E-state index is 12.3. The number of aromatic nitrogens is 2. The number of carbonyl (C=O) groups excluding carboxylic acids is 1. The molecule has 3 rings (SSSR count). The van der Waals surface area contributed by atoms with Crippen LogP contribution in [0.15, 0.2) is 30.5 Å². The molecular weight excluding hydrogens is 376 g/mol. The topological polar surface area (TPSA) is 76.1 Å². The van der Waals surface area contributed by atoms with Gasteiger partial charge in [-0.05, 0) is 43.4 Å². The summed E-state index contributed by atoms with van der Waals surface area (Å²) in [4.78, 5) is 21.1.